The first kappa shape index (κ1) is 19.9. The van der Waals surface area contributed by atoms with Crippen molar-refractivity contribution in [3.8, 4) is 11.1 Å². The van der Waals surface area contributed by atoms with E-state index < -0.39 is 30.1 Å². The van der Waals surface area contributed by atoms with E-state index in [9.17, 15) is 19.5 Å². The average molecular weight is 408 g/mol. The van der Waals surface area contributed by atoms with Gasteiger partial charge in [0.25, 0.3) is 0 Å². The molecule has 2 aliphatic rings. The van der Waals surface area contributed by atoms with Crippen LogP contribution in [0.25, 0.3) is 11.1 Å². The van der Waals surface area contributed by atoms with Gasteiger partial charge in [0.2, 0.25) is 5.91 Å². The number of carbonyl (C=O) groups is 3. The van der Waals surface area contributed by atoms with Gasteiger partial charge in [-0.25, -0.2) is 9.59 Å². The molecule has 2 atom stereocenters. The maximum atomic E-state index is 12.6. The van der Waals surface area contributed by atoms with E-state index >= 15 is 0 Å². The molecule has 7 heteroatoms. The van der Waals surface area contributed by atoms with Crippen molar-refractivity contribution < 1.29 is 24.2 Å². The van der Waals surface area contributed by atoms with Gasteiger partial charge >= 0.3 is 12.1 Å². The Bertz CT molecular complexity index is 944. The first-order valence-corrected chi connectivity index (χ1v) is 10.1. The summed E-state index contributed by atoms with van der Waals surface area (Å²) in [4.78, 5) is 37.5. The summed E-state index contributed by atoms with van der Waals surface area (Å²) in [7, 11) is 0. The topological polar surface area (TPSA) is 95.9 Å². The summed E-state index contributed by atoms with van der Waals surface area (Å²) in [6.07, 6.45) is 0.378. The molecule has 1 heterocycles. The molecule has 0 saturated carbocycles. The van der Waals surface area contributed by atoms with Crippen molar-refractivity contribution in [2.75, 3.05) is 13.2 Å². The van der Waals surface area contributed by atoms with Gasteiger partial charge in [-0.1, -0.05) is 48.5 Å². The normalized spacial score (nSPS) is 18.4. The molecule has 0 spiro atoms. The number of ether oxygens (including phenoxy) is 1. The molecule has 156 valence electrons. The third kappa shape index (κ3) is 3.63. The lowest BCUT2D eigenvalue weighted by Crippen LogP contribution is -2.50. The van der Waals surface area contributed by atoms with Gasteiger partial charge in [0.15, 0.2) is 0 Å². The third-order valence-corrected chi connectivity index (χ3v) is 5.87. The zero-order chi connectivity index (χ0) is 21.3. The van der Waals surface area contributed by atoms with Crippen LogP contribution in [0.15, 0.2) is 48.5 Å². The van der Waals surface area contributed by atoms with Crippen LogP contribution in [0.1, 0.15) is 36.8 Å². The number of likely N-dealkylation sites (tertiary alicyclic amines) is 1. The zero-order valence-corrected chi connectivity index (χ0v) is 16.7. The number of aliphatic carboxylic acids is 1. The highest BCUT2D eigenvalue weighted by Crippen LogP contribution is 2.44. The van der Waals surface area contributed by atoms with Crippen LogP contribution in [0.2, 0.25) is 0 Å². The molecule has 7 nitrogen and oxygen atoms in total. The summed E-state index contributed by atoms with van der Waals surface area (Å²) < 4.78 is 5.46. The van der Waals surface area contributed by atoms with Crippen molar-refractivity contribution in [2.45, 2.75) is 37.8 Å². The van der Waals surface area contributed by atoms with E-state index in [0.29, 0.717) is 19.4 Å². The molecule has 1 unspecified atom stereocenters. The van der Waals surface area contributed by atoms with Crippen molar-refractivity contribution in [2.24, 2.45) is 0 Å². The lowest BCUT2D eigenvalue weighted by atomic mass is 9.98. The van der Waals surface area contributed by atoms with Gasteiger partial charge in [0.1, 0.15) is 18.7 Å². The van der Waals surface area contributed by atoms with E-state index in [1.54, 1.807) is 6.92 Å². The van der Waals surface area contributed by atoms with E-state index in [4.69, 9.17) is 4.74 Å². The number of amides is 2. The monoisotopic (exact) mass is 408 g/mol. The molecule has 1 aliphatic heterocycles. The molecule has 30 heavy (non-hydrogen) atoms. The molecule has 2 N–H and O–H groups in total. The number of nitrogens with one attached hydrogen (secondary N) is 1. The molecule has 4 rings (SSSR count). The number of carbonyl (C=O) groups excluding carboxylic acids is 2. The van der Waals surface area contributed by atoms with Gasteiger partial charge in [0, 0.05) is 12.5 Å². The second-order valence-electron chi connectivity index (χ2n) is 7.72. The van der Waals surface area contributed by atoms with E-state index in [-0.39, 0.29) is 12.5 Å². The number of carboxylic acid groups (broad SMARTS) is 1. The fraction of sp³-hybridized carbons (Fsp3) is 0.348. The van der Waals surface area contributed by atoms with Gasteiger partial charge in [-0.3, -0.25) is 4.79 Å². The van der Waals surface area contributed by atoms with Crippen molar-refractivity contribution in [1.82, 2.24) is 10.2 Å². The van der Waals surface area contributed by atoms with Crippen molar-refractivity contribution in [3.05, 3.63) is 59.7 Å². The number of alkyl carbamates (subject to hydrolysis) is 1. The lowest BCUT2D eigenvalue weighted by Gasteiger charge is -2.25. The average Bonchev–Trinajstić information content (AvgIpc) is 3.35. The van der Waals surface area contributed by atoms with Crippen molar-refractivity contribution >= 4 is 18.0 Å². The fourth-order valence-electron chi connectivity index (χ4n) is 4.41. The SMILES string of the molecule is CC(NC(=O)OCC1c2ccccc2-c2ccccc21)C(=O)N1CCC[C@@H]1C(=O)O. The summed E-state index contributed by atoms with van der Waals surface area (Å²) in [5.74, 6) is -1.49. The Morgan fingerprint density at radius 2 is 1.70 bits per heavy atom. The largest absolute Gasteiger partial charge is 0.480 e. The predicted molar refractivity (Wildman–Crippen MR) is 110 cm³/mol. The number of hydrogen-bond acceptors (Lipinski definition) is 4. The number of nitrogens with zero attached hydrogens (tertiary/aromatic N) is 1. The zero-order valence-electron chi connectivity index (χ0n) is 16.7. The molecule has 1 saturated heterocycles. The van der Waals surface area contributed by atoms with E-state index in [1.807, 2.05) is 36.4 Å². The number of rotatable bonds is 5. The van der Waals surface area contributed by atoms with Gasteiger partial charge < -0.3 is 20.1 Å². The molecular weight excluding hydrogens is 384 g/mol. The van der Waals surface area contributed by atoms with E-state index in [0.717, 1.165) is 22.3 Å². The highest BCUT2D eigenvalue weighted by molar-refractivity contribution is 5.89. The van der Waals surface area contributed by atoms with Crippen LogP contribution in [0.5, 0.6) is 0 Å². The standard InChI is InChI=1S/C23H24N2O5/c1-14(21(26)25-12-6-11-20(25)22(27)28)24-23(29)30-13-19-17-9-4-2-7-15(17)16-8-3-5-10-18(16)19/h2-5,7-10,14,19-20H,6,11-13H2,1H3,(H,24,29)(H,27,28)/t14?,20-/m1/s1. The highest BCUT2D eigenvalue weighted by atomic mass is 16.5. The van der Waals surface area contributed by atoms with Crippen LogP contribution >= 0.6 is 0 Å². The quantitative estimate of drug-likeness (QED) is 0.793. The summed E-state index contributed by atoms with van der Waals surface area (Å²) in [5.41, 5.74) is 4.49. The lowest BCUT2D eigenvalue weighted by molar-refractivity contribution is -0.148. The van der Waals surface area contributed by atoms with Gasteiger partial charge in [-0.2, -0.15) is 0 Å². The maximum Gasteiger partial charge on any atom is 0.407 e. The van der Waals surface area contributed by atoms with Crippen LogP contribution in [0.4, 0.5) is 4.79 Å². The summed E-state index contributed by atoms with van der Waals surface area (Å²) >= 11 is 0. The maximum absolute atomic E-state index is 12.6. The fourth-order valence-corrected chi connectivity index (χ4v) is 4.41. The van der Waals surface area contributed by atoms with E-state index in [1.165, 1.54) is 4.90 Å². The highest BCUT2D eigenvalue weighted by Gasteiger charge is 2.36. The summed E-state index contributed by atoms with van der Waals surface area (Å²) in [5, 5.41) is 11.8. The van der Waals surface area contributed by atoms with E-state index in [2.05, 4.69) is 17.4 Å². The Labute approximate surface area is 174 Å². The Hall–Kier alpha value is -3.35. The number of hydrogen-bond donors (Lipinski definition) is 2. The minimum Gasteiger partial charge on any atom is -0.480 e. The number of fused-ring (bicyclic) bond motifs is 3. The number of carboxylic acids is 1. The van der Waals surface area contributed by atoms with Crippen LogP contribution in [-0.2, 0) is 14.3 Å². The predicted octanol–water partition coefficient (Wildman–Crippen LogP) is 2.99. The minimum absolute atomic E-state index is 0.0656. The Kier molecular flexibility index (Phi) is 5.44. The third-order valence-electron chi connectivity index (χ3n) is 5.87. The summed E-state index contributed by atoms with van der Waals surface area (Å²) in [6, 6.07) is 14.4. The number of benzene rings is 2. The van der Waals surface area contributed by atoms with Crippen LogP contribution in [0, 0.1) is 0 Å². The van der Waals surface area contributed by atoms with Gasteiger partial charge in [-0.05, 0) is 42.0 Å². The molecule has 0 aromatic heterocycles. The van der Waals surface area contributed by atoms with Crippen LogP contribution in [0.3, 0.4) is 0 Å². The summed E-state index contributed by atoms with van der Waals surface area (Å²) in [6.45, 7) is 2.08. The van der Waals surface area contributed by atoms with Gasteiger partial charge in [-0.15, -0.1) is 0 Å². The first-order chi connectivity index (χ1) is 14.5. The molecule has 0 radical (unpaired) electrons. The van der Waals surface area contributed by atoms with Crippen molar-refractivity contribution in [3.63, 3.8) is 0 Å². The molecule has 1 aliphatic carbocycles. The van der Waals surface area contributed by atoms with Gasteiger partial charge in [0.05, 0.1) is 0 Å². The van der Waals surface area contributed by atoms with Crippen molar-refractivity contribution in [1.29, 1.82) is 0 Å². The smallest absolute Gasteiger partial charge is 0.407 e. The molecule has 2 aromatic rings. The van der Waals surface area contributed by atoms with Crippen LogP contribution in [-0.4, -0.2) is 53.2 Å². The Morgan fingerprint density at radius 1 is 1.10 bits per heavy atom. The molecular formula is C23H24N2O5. The molecule has 2 aromatic carbocycles. The Morgan fingerprint density at radius 3 is 2.30 bits per heavy atom. The van der Waals surface area contributed by atoms with Crippen LogP contribution < -0.4 is 5.32 Å². The molecule has 1 fully saturated rings. The molecule has 0 bridgehead atoms. The second-order valence-corrected chi connectivity index (χ2v) is 7.72. The Balaban J connectivity index is 1.38. The first-order valence-electron chi connectivity index (χ1n) is 10.1. The second kappa shape index (κ2) is 8.18. The molecule has 2 amide bonds. The minimum atomic E-state index is -1.02.